The summed E-state index contributed by atoms with van der Waals surface area (Å²) < 4.78 is 28.8. The van der Waals surface area contributed by atoms with Crippen LogP contribution < -0.4 is 5.32 Å². The maximum Gasteiger partial charge on any atom is 0.274 e. The molecule has 1 unspecified atom stereocenters. The zero-order valence-electron chi connectivity index (χ0n) is 19.2. The van der Waals surface area contributed by atoms with Gasteiger partial charge in [0.25, 0.3) is 5.91 Å². The van der Waals surface area contributed by atoms with Crippen molar-refractivity contribution in [3.05, 3.63) is 46.8 Å². The van der Waals surface area contributed by atoms with Crippen LogP contribution in [0.1, 0.15) is 73.6 Å². The smallest absolute Gasteiger partial charge is 0.274 e. The number of likely N-dealkylation sites (tertiary alicyclic amines) is 1. The van der Waals surface area contributed by atoms with Crippen LogP contribution in [0.4, 0.5) is 8.78 Å². The summed E-state index contributed by atoms with van der Waals surface area (Å²) in [5.41, 5.74) is 2.54. The summed E-state index contributed by atoms with van der Waals surface area (Å²) in [4.78, 5) is 27.8. The number of benzene rings is 1. The van der Waals surface area contributed by atoms with Crippen molar-refractivity contribution in [3.8, 4) is 5.69 Å². The van der Waals surface area contributed by atoms with Gasteiger partial charge >= 0.3 is 0 Å². The molecule has 1 aromatic heterocycles. The normalized spacial score (nSPS) is 17.8. The molecule has 1 aliphatic carbocycles. The zero-order chi connectivity index (χ0) is 23.4. The Labute approximate surface area is 193 Å². The van der Waals surface area contributed by atoms with Gasteiger partial charge in [-0.1, -0.05) is 26.2 Å². The molecule has 0 saturated carbocycles. The van der Waals surface area contributed by atoms with Gasteiger partial charge < -0.3 is 10.2 Å². The Morgan fingerprint density at radius 1 is 1.12 bits per heavy atom. The van der Waals surface area contributed by atoms with Crippen LogP contribution in [0, 0.1) is 17.6 Å². The first kappa shape index (κ1) is 23.4. The number of hydrogen-bond acceptors (Lipinski definition) is 3. The van der Waals surface area contributed by atoms with E-state index in [1.165, 1.54) is 12.5 Å². The van der Waals surface area contributed by atoms with Gasteiger partial charge in [-0.05, 0) is 50.7 Å². The SMILES string of the molecule is CCCCCCNC(=O)C1CCCN(C(=O)c2nn(-c3ccc(F)c(F)c3)c3c2CCC3)C1. The van der Waals surface area contributed by atoms with Crippen molar-refractivity contribution in [2.75, 3.05) is 19.6 Å². The largest absolute Gasteiger partial charge is 0.356 e. The van der Waals surface area contributed by atoms with Crippen LogP contribution in [0.2, 0.25) is 0 Å². The van der Waals surface area contributed by atoms with Gasteiger partial charge in [-0.2, -0.15) is 5.10 Å². The molecular weight excluding hydrogens is 426 g/mol. The number of carbonyl (C=O) groups is 2. The second-order valence-corrected chi connectivity index (χ2v) is 9.08. The second-order valence-electron chi connectivity index (χ2n) is 9.08. The minimum absolute atomic E-state index is 0.0153. The molecular formula is C25H32F2N4O2. The van der Waals surface area contributed by atoms with Crippen molar-refractivity contribution < 1.29 is 18.4 Å². The molecule has 0 radical (unpaired) electrons. The van der Waals surface area contributed by atoms with Crippen LogP contribution in [0.25, 0.3) is 5.69 Å². The third-order valence-electron chi connectivity index (χ3n) is 6.69. The highest BCUT2D eigenvalue weighted by Crippen LogP contribution is 2.30. The summed E-state index contributed by atoms with van der Waals surface area (Å²) >= 11 is 0. The lowest BCUT2D eigenvalue weighted by atomic mass is 9.96. The predicted molar refractivity (Wildman–Crippen MR) is 121 cm³/mol. The number of unbranched alkanes of at least 4 members (excludes halogenated alkanes) is 3. The maximum atomic E-state index is 13.8. The number of nitrogens with one attached hydrogen (secondary N) is 1. The Kier molecular flexibility index (Phi) is 7.40. The molecule has 1 aromatic carbocycles. The molecule has 0 spiro atoms. The van der Waals surface area contributed by atoms with E-state index in [-0.39, 0.29) is 17.7 Å². The number of rotatable bonds is 8. The summed E-state index contributed by atoms with van der Waals surface area (Å²) in [6.45, 7) is 3.80. The van der Waals surface area contributed by atoms with Gasteiger partial charge in [-0.15, -0.1) is 0 Å². The van der Waals surface area contributed by atoms with E-state index in [0.29, 0.717) is 31.0 Å². The number of amides is 2. The van der Waals surface area contributed by atoms with E-state index in [1.807, 2.05) is 0 Å². The average molecular weight is 459 g/mol. The van der Waals surface area contributed by atoms with Crippen molar-refractivity contribution in [1.82, 2.24) is 20.0 Å². The monoisotopic (exact) mass is 458 g/mol. The Morgan fingerprint density at radius 2 is 1.97 bits per heavy atom. The zero-order valence-corrected chi connectivity index (χ0v) is 19.2. The highest BCUT2D eigenvalue weighted by Gasteiger charge is 2.33. The number of fused-ring (bicyclic) bond motifs is 1. The molecule has 178 valence electrons. The topological polar surface area (TPSA) is 67.2 Å². The Hall–Kier alpha value is -2.77. The third kappa shape index (κ3) is 5.09. The summed E-state index contributed by atoms with van der Waals surface area (Å²) in [6.07, 6.45) is 8.30. The van der Waals surface area contributed by atoms with Crippen LogP contribution in [0.5, 0.6) is 0 Å². The molecule has 2 aliphatic rings. The third-order valence-corrected chi connectivity index (χ3v) is 6.69. The fourth-order valence-corrected chi connectivity index (χ4v) is 4.87. The van der Waals surface area contributed by atoms with Gasteiger partial charge in [0.05, 0.1) is 11.6 Å². The number of aromatic nitrogens is 2. The molecule has 33 heavy (non-hydrogen) atoms. The van der Waals surface area contributed by atoms with Crippen LogP contribution >= 0.6 is 0 Å². The van der Waals surface area contributed by atoms with Crippen LogP contribution in [0.15, 0.2) is 18.2 Å². The van der Waals surface area contributed by atoms with Crippen molar-refractivity contribution >= 4 is 11.8 Å². The molecule has 4 rings (SSSR count). The van der Waals surface area contributed by atoms with Gasteiger partial charge in [-0.25, -0.2) is 13.5 Å². The van der Waals surface area contributed by atoms with Gasteiger partial charge in [0.15, 0.2) is 17.3 Å². The van der Waals surface area contributed by atoms with Gasteiger partial charge in [0, 0.05) is 37.0 Å². The Bertz CT molecular complexity index is 1020. The fraction of sp³-hybridized carbons (Fsp3) is 0.560. The fourth-order valence-electron chi connectivity index (χ4n) is 4.87. The van der Waals surface area contributed by atoms with Crippen molar-refractivity contribution in [2.24, 2.45) is 5.92 Å². The summed E-state index contributed by atoms with van der Waals surface area (Å²) in [5, 5.41) is 7.56. The lowest BCUT2D eigenvalue weighted by molar-refractivity contribution is -0.126. The first-order chi connectivity index (χ1) is 16.0. The van der Waals surface area contributed by atoms with Gasteiger partial charge in [0.2, 0.25) is 5.91 Å². The molecule has 2 heterocycles. The Morgan fingerprint density at radius 3 is 2.76 bits per heavy atom. The first-order valence-corrected chi connectivity index (χ1v) is 12.1. The highest BCUT2D eigenvalue weighted by atomic mass is 19.2. The van der Waals surface area contributed by atoms with E-state index >= 15 is 0 Å². The quantitative estimate of drug-likeness (QED) is 0.604. The molecule has 1 saturated heterocycles. The van der Waals surface area contributed by atoms with E-state index in [0.717, 1.165) is 74.8 Å². The van der Waals surface area contributed by atoms with Crippen LogP contribution in [0.3, 0.4) is 0 Å². The van der Waals surface area contributed by atoms with Crippen LogP contribution in [-0.2, 0) is 17.6 Å². The molecule has 2 aromatic rings. The number of piperidine rings is 1. The lowest BCUT2D eigenvalue weighted by Gasteiger charge is -2.31. The maximum absolute atomic E-state index is 13.8. The van der Waals surface area contributed by atoms with Crippen molar-refractivity contribution in [3.63, 3.8) is 0 Å². The van der Waals surface area contributed by atoms with E-state index in [2.05, 4.69) is 17.3 Å². The number of nitrogens with zero attached hydrogens (tertiary/aromatic N) is 3. The summed E-state index contributed by atoms with van der Waals surface area (Å²) in [5.74, 6) is -2.24. The van der Waals surface area contributed by atoms with Gasteiger partial charge in [-0.3, -0.25) is 9.59 Å². The van der Waals surface area contributed by atoms with E-state index < -0.39 is 11.6 Å². The molecule has 1 aliphatic heterocycles. The molecule has 1 N–H and O–H groups in total. The van der Waals surface area contributed by atoms with E-state index in [4.69, 9.17) is 0 Å². The second kappa shape index (κ2) is 10.4. The minimum Gasteiger partial charge on any atom is -0.356 e. The predicted octanol–water partition coefficient (Wildman–Crippen LogP) is 4.19. The standard InChI is InChI=1S/C25H32F2N4O2/c1-2-3-4-5-13-28-24(32)17-8-7-14-30(16-17)25(33)23-19-9-6-10-22(19)31(29-23)18-11-12-20(26)21(27)15-18/h11-12,15,17H,2-10,13-14,16H2,1H3,(H,28,32). The van der Waals surface area contributed by atoms with Crippen molar-refractivity contribution in [1.29, 1.82) is 0 Å². The number of halogens is 2. The lowest BCUT2D eigenvalue weighted by Crippen LogP contribution is -2.45. The molecule has 1 atom stereocenters. The summed E-state index contributed by atoms with van der Waals surface area (Å²) in [7, 11) is 0. The Balaban J connectivity index is 1.46. The minimum atomic E-state index is -0.942. The van der Waals surface area contributed by atoms with E-state index in [1.54, 1.807) is 9.58 Å². The van der Waals surface area contributed by atoms with Crippen LogP contribution in [-0.4, -0.2) is 46.1 Å². The molecule has 6 nitrogen and oxygen atoms in total. The number of carbonyl (C=O) groups excluding carboxylic acids is 2. The molecule has 0 bridgehead atoms. The van der Waals surface area contributed by atoms with Crippen molar-refractivity contribution in [2.45, 2.75) is 64.7 Å². The average Bonchev–Trinajstić information content (AvgIpc) is 3.43. The van der Waals surface area contributed by atoms with E-state index in [9.17, 15) is 18.4 Å². The molecule has 1 fully saturated rings. The molecule has 2 amide bonds. The summed E-state index contributed by atoms with van der Waals surface area (Å²) in [6, 6.07) is 3.66. The number of hydrogen-bond donors (Lipinski definition) is 1. The molecule has 8 heteroatoms. The van der Waals surface area contributed by atoms with Gasteiger partial charge in [0.1, 0.15) is 0 Å². The highest BCUT2D eigenvalue weighted by molar-refractivity contribution is 5.95. The first-order valence-electron chi connectivity index (χ1n) is 12.1.